The summed E-state index contributed by atoms with van der Waals surface area (Å²) in [7, 11) is 0. The van der Waals surface area contributed by atoms with Gasteiger partial charge in [0.15, 0.2) is 11.6 Å². The first-order chi connectivity index (χ1) is 10.5. The normalized spacial score (nSPS) is 17.0. The van der Waals surface area contributed by atoms with Crippen LogP contribution in [0.5, 0.6) is 0 Å². The summed E-state index contributed by atoms with van der Waals surface area (Å²) in [6.07, 6.45) is 1.12. The second kappa shape index (κ2) is 6.72. The Kier molecular flexibility index (Phi) is 4.95. The number of amides is 1. The topological polar surface area (TPSA) is 58.6 Å². The van der Waals surface area contributed by atoms with Crippen LogP contribution in [0.2, 0.25) is 0 Å². The second-order valence-electron chi connectivity index (χ2n) is 5.03. The maximum Gasteiger partial charge on any atom is 0.326 e. The van der Waals surface area contributed by atoms with Crippen molar-refractivity contribution in [3.05, 3.63) is 23.8 Å². The van der Waals surface area contributed by atoms with Crippen molar-refractivity contribution in [3.63, 3.8) is 0 Å². The zero-order valence-electron chi connectivity index (χ0n) is 12.5. The second-order valence-corrected chi connectivity index (χ2v) is 5.03. The predicted molar refractivity (Wildman–Crippen MR) is 77.7 cm³/mol. The molecule has 0 aromatic heterocycles. The molecule has 1 atom stereocenters. The van der Waals surface area contributed by atoms with Crippen LogP contribution in [0.3, 0.4) is 0 Å². The van der Waals surface area contributed by atoms with Crippen LogP contribution < -0.4 is 10.2 Å². The number of nitrogens with one attached hydrogen (secondary N) is 1. The molecule has 0 bridgehead atoms. The lowest BCUT2D eigenvalue weighted by Crippen LogP contribution is -2.49. The van der Waals surface area contributed by atoms with E-state index >= 15 is 0 Å². The fourth-order valence-electron chi connectivity index (χ4n) is 2.26. The third-order valence-electron chi connectivity index (χ3n) is 3.39. The number of anilines is 2. The highest BCUT2D eigenvalue weighted by molar-refractivity contribution is 6.07. The van der Waals surface area contributed by atoms with E-state index in [1.165, 1.54) is 0 Å². The minimum Gasteiger partial charge on any atom is -0.464 e. The number of nitrogens with zero attached hydrogens (tertiary/aromatic N) is 1. The van der Waals surface area contributed by atoms with Gasteiger partial charge in [-0.1, -0.05) is 13.8 Å². The van der Waals surface area contributed by atoms with Crippen molar-refractivity contribution in [2.45, 2.75) is 32.7 Å². The van der Waals surface area contributed by atoms with Gasteiger partial charge in [-0.25, -0.2) is 8.78 Å². The van der Waals surface area contributed by atoms with E-state index in [2.05, 4.69) is 5.32 Å². The third-order valence-corrected chi connectivity index (χ3v) is 3.39. The van der Waals surface area contributed by atoms with Crippen molar-refractivity contribution in [1.82, 2.24) is 0 Å². The van der Waals surface area contributed by atoms with Crippen LogP contribution in [0.1, 0.15) is 26.7 Å². The van der Waals surface area contributed by atoms with E-state index in [4.69, 9.17) is 4.74 Å². The smallest absolute Gasteiger partial charge is 0.326 e. The summed E-state index contributed by atoms with van der Waals surface area (Å²) in [6, 6.07) is 1.31. The number of carbonyl (C=O) groups is 2. The van der Waals surface area contributed by atoms with Gasteiger partial charge in [0.2, 0.25) is 5.91 Å². The molecule has 1 N–H and O–H groups in total. The van der Waals surface area contributed by atoms with Crippen molar-refractivity contribution in [2.24, 2.45) is 0 Å². The van der Waals surface area contributed by atoms with Crippen LogP contribution >= 0.6 is 0 Å². The molecular formula is C15H18F2N2O3. The molecule has 1 aliphatic rings. The standard InChI is InChI=1S/C15H18F2N2O3/c1-3-5-22-14(20)8-19-13-7-10(17)9(16)6-12(13)18-11(4-2)15(19)21/h6-7,11,18H,3-5,8H2,1-2H3. The molecule has 1 amide bonds. The zero-order chi connectivity index (χ0) is 16.3. The first kappa shape index (κ1) is 16.2. The molecule has 120 valence electrons. The van der Waals surface area contributed by atoms with E-state index in [9.17, 15) is 18.4 Å². The molecule has 2 rings (SSSR count). The summed E-state index contributed by atoms with van der Waals surface area (Å²) in [4.78, 5) is 25.3. The molecule has 5 nitrogen and oxygen atoms in total. The summed E-state index contributed by atoms with van der Waals surface area (Å²) < 4.78 is 31.8. The van der Waals surface area contributed by atoms with Gasteiger partial charge >= 0.3 is 5.97 Å². The monoisotopic (exact) mass is 312 g/mol. The number of esters is 1. The lowest BCUT2D eigenvalue weighted by atomic mass is 10.1. The average molecular weight is 312 g/mol. The lowest BCUT2D eigenvalue weighted by molar-refractivity contribution is -0.143. The molecule has 0 radical (unpaired) electrons. The fourth-order valence-corrected chi connectivity index (χ4v) is 2.26. The molecule has 0 saturated heterocycles. The highest BCUT2D eigenvalue weighted by atomic mass is 19.2. The summed E-state index contributed by atoms with van der Waals surface area (Å²) in [5.74, 6) is -3.03. The Bertz CT molecular complexity index is 592. The first-order valence-corrected chi connectivity index (χ1v) is 7.20. The number of hydrogen-bond donors (Lipinski definition) is 1. The van der Waals surface area contributed by atoms with Gasteiger partial charge in [-0.3, -0.25) is 14.5 Å². The predicted octanol–water partition coefficient (Wildman–Crippen LogP) is 2.46. The van der Waals surface area contributed by atoms with Crippen molar-refractivity contribution in [3.8, 4) is 0 Å². The number of carbonyl (C=O) groups excluding carboxylic acids is 2. The van der Waals surface area contributed by atoms with Gasteiger partial charge in [0, 0.05) is 12.1 Å². The van der Waals surface area contributed by atoms with E-state index in [1.54, 1.807) is 6.92 Å². The van der Waals surface area contributed by atoms with Gasteiger partial charge in [0.25, 0.3) is 0 Å². The third kappa shape index (κ3) is 3.18. The van der Waals surface area contributed by atoms with Crippen LogP contribution in [0.4, 0.5) is 20.2 Å². The molecule has 1 heterocycles. The largest absolute Gasteiger partial charge is 0.464 e. The number of rotatable bonds is 5. The van der Waals surface area contributed by atoms with Crippen molar-refractivity contribution < 1.29 is 23.1 Å². The minimum atomic E-state index is -1.07. The molecule has 22 heavy (non-hydrogen) atoms. The van der Waals surface area contributed by atoms with Crippen LogP contribution in [0, 0.1) is 11.6 Å². The molecule has 1 unspecified atom stereocenters. The van der Waals surface area contributed by atoms with Crippen molar-refractivity contribution in [1.29, 1.82) is 0 Å². The quantitative estimate of drug-likeness (QED) is 0.849. The van der Waals surface area contributed by atoms with Gasteiger partial charge < -0.3 is 10.1 Å². The molecule has 1 aliphatic heterocycles. The molecule has 7 heteroatoms. The fraction of sp³-hybridized carbons (Fsp3) is 0.467. The van der Waals surface area contributed by atoms with E-state index < -0.39 is 23.6 Å². The molecular weight excluding hydrogens is 294 g/mol. The number of benzene rings is 1. The molecule has 0 fully saturated rings. The van der Waals surface area contributed by atoms with Gasteiger partial charge in [0.05, 0.1) is 18.0 Å². The Morgan fingerprint density at radius 2 is 2.00 bits per heavy atom. The Hall–Kier alpha value is -2.18. The summed E-state index contributed by atoms with van der Waals surface area (Å²) in [5.41, 5.74) is 0.427. The summed E-state index contributed by atoms with van der Waals surface area (Å²) in [5, 5.41) is 2.86. The van der Waals surface area contributed by atoms with E-state index in [1.807, 2.05) is 6.92 Å². The number of fused-ring (bicyclic) bond motifs is 1. The van der Waals surface area contributed by atoms with Gasteiger partial charge in [-0.2, -0.15) is 0 Å². The minimum absolute atomic E-state index is 0.141. The first-order valence-electron chi connectivity index (χ1n) is 7.20. The Morgan fingerprint density at radius 1 is 1.32 bits per heavy atom. The van der Waals surface area contributed by atoms with Crippen LogP contribution in [0.25, 0.3) is 0 Å². The van der Waals surface area contributed by atoms with E-state index in [-0.39, 0.29) is 30.4 Å². The molecule has 1 aromatic carbocycles. The van der Waals surface area contributed by atoms with Gasteiger partial charge in [0.1, 0.15) is 12.6 Å². The van der Waals surface area contributed by atoms with Crippen LogP contribution in [-0.4, -0.2) is 31.1 Å². The summed E-state index contributed by atoms with van der Waals surface area (Å²) in [6.45, 7) is 3.56. The number of halogens is 2. The Morgan fingerprint density at radius 3 is 2.64 bits per heavy atom. The number of ether oxygens (including phenoxy) is 1. The Balaban J connectivity index is 2.32. The van der Waals surface area contributed by atoms with Crippen LogP contribution in [0.15, 0.2) is 12.1 Å². The SMILES string of the molecule is CCCOC(=O)CN1C(=O)C(CC)Nc2cc(F)c(F)cc21. The maximum atomic E-state index is 13.5. The Labute approximate surface area is 127 Å². The maximum absolute atomic E-state index is 13.5. The molecule has 1 aromatic rings. The van der Waals surface area contributed by atoms with E-state index in [0.717, 1.165) is 17.0 Å². The lowest BCUT2D eigenvalue weighted by Gasteiger charge is -2.34. The van der Waals surface area contributed by atoms with E-state index in [0.29, 0.717) is 12.8 Å². The molecule has 0 spiro atoms. The van der Waals surface area contributed by atoms with Crippen LogP contribution in [-0.2, 0) is 14.3 Å². The average Bonchev–Trinajstić information content (AvgIpc) is 2.49. The summed E-state index contributed by atoms with van der Waals surface area (Å²) >= 11 is 0. The van der Waals surface area contributed by atoms with Crippen molar-refractivity contribution in [2.75, 3.05) is 23.4 Å². The van der Waals surface area contributed by atoms with Gasteiger partial charge in [-0.15, -0.1) is 0 Å². The highest BCUT2D eigenvalue weighted by Gasteiger charge is 2.33. The zero-order valence-corrected chi connectivity index (χ0v) is 12.5. The molecule has 0 aliphatic carbocycles. The number of hydrogen-bond acceptors (Lipinski definition) is 4. The molecule has 0 saturated carbocycles. The van der Waals surface area contributed by atoms with Gasteiger partial charge in [-0.05, 0) is 12.8 Å². The van der Waals surface area contributed by atoms with Crippen molar-refractivity contribution >= 4 is 23.3 Å². The highest BCUT2D eigenvalue weighted by Crippen LogP contribution is 2.34.